The van der Waals surface area contributed by atoms with Crippen LogP contribution >= 0.6 is 0 Å². The van der Waals surface area contributed by atoms with Gasteiger partial charge in [-0.15, -0.1) is 0 Å². The fourth-order valence-electron chi connectivity index (χ4n) is 4.78. The highest BCUT2D eigenvalue weighted by Crippen LogP contribution is 2.36. The van der Waals surface area contributed by atoms with Gasteiger partial charge in [0.2, 0.25) is 5.91 Å². The Balaban J connectivity index is 1.52. The number of nitrogens with one attached hydrogen (secondary N) is 1. The predicted molar refractivity (Wildman–Crippen MR) is 107 cm³/mol. The second kappa shape index (κ2) is 7.44. The van der Waals surface area contributed by atoms with Crippen LogP contribution in [0.3, 0.4) is 0 Å². The molecule has 32 heavy (non-hydrogen) atoms. The highest BCUT2D eigenvalue weighted by atomic mass is 19.2. The standard InChI is InChI=1S/C23H18F4N2O3/c1-29(23(31)12-2-10-4-15(24)16(25)5-11(10)3-12)20-9-32-8-19-21(20)13-6-17(26)18(27)7-14(13)22(30)28-19/h4-7,12,20H,2-3,8-9H2,1H3,(H,28,30). The van der Waals surface area contributed by atoms with Crippen LogP contribution in [0.2, 0.25) is 0 Å². The summed E-state index contributed by atoms with van der Waals surface area (Å²) in [5.41, 5.74) is 1.48. The Morgan fingerprint density at radius 2 is 1.53 bits per heavy atom. The lowest BCUT2D eigenvalue weighted by atomic mass is 9.94. The zero-order chi connectivity index (χ0) is 22.7. The molecule has 0 saturated heterocycles. The minimum Gasteiger partial charge on any atom is -0.373 e. The molecule has 2 aliphatic rings. The molecule has 1 atom stereocenters. The number of carbonyl (C=O) groups is 1. The summed E-state index contributed by atoms with van der Waals surface area (Å²) < 4.78 is 60.5. The molecular formula is C23H18F4N2O3. The second-order valence-electron chi connectivity index (χ2n) is 8.28. The van der Waals surface area contributed by atoms with Gasteiger partial charge in [-0.2, -0.15) is 0 Å². The molecule has 1 N–H and O–H groups in total. The number of aromatic amines is 1. The van der Waals surface area contributed by atoms with Crippen LogP contribution in [-0.4, -0.2) is 29.4 Å². The highest BCUT2D eigenvalue weighted by Gasteiger charge is 2.36. The summed E-state index contributed by atoms with van der Waals surface area (Å²) in [6, 6.07) is 3.38. The number of halogens is 4. The predicted octanol–water partition coefficient (Wildman–Crippen LogP) is 3.53. The van der Waals surface area contributed by atoms with Crippen LogP contribution in [0.5, 0.6) is 0 Å². The van der Waals surface area contributed by atoms with Crippen LogP contribution in [0.15, 0.2) is 29.1 Å². The number of rotatable bonds is 2. The molecular weight excluding hydrogens is 428 g/mol. The number of H-pyrrole nitrogens is 1. The Hall–Kier alpha value is -3.20. The number of benzene rings is 2. The van der Waals surface area contributed by atoms with E-state index in [1.165, 1.54) is 4.90 Å². The maximum atomic E-state index is 14.0. The average molecular weight is 446 g/mol. The Kier molecular flexibility index (Phi) is 4.81. The first-order valence-corrected chi connectivity index (χ1v) is 10.1. The van der Waals surface area contributed by atoms with Crippen LogP contribution in [0.1, 0.15) is 28.4 Å². The molecule has 3 aromatic rings. The third-order valence-electron chi connectivity index (χ3n) is 6.38. The van der Waals surface area contributed by atoms with Gasteiger partial charge in [0.15, 0.2) is 23.3 Å². The molecule has 5 nitrogen and oxygen atoms in total. The van der Waals surface area contributed by atoms with E-state index in [2.05, 4.69) is 4.98 Å². The summed E-state index contributed by atoms with van der Waals surface area (Å²) in [7, 11) is 1.56. The molecule has 1 aliphatic carbocycles. The molecule has 5 rings (SSSR count). The summed E-state index contributed by atoms with van der Waals surface area (Å²) in [5.74, 6) is -4.94. The third-order valence-corrected chi connectivity index (χ3v) is 6.38. The maximum Gasteiger partial charge on any atom is 0.256 e. The first kappa shape index (κ1) is 20.7. The lowest BCUT2D eigenvalue weighted by Gasteiger charge is -2.35. The molecule has 9 heteroatoms. The van der Waals surface area contributed by atoms with Crippen molar-refractivity contribution in [1.82, 2.24) is 9.88 Å². The molecule has 2 heterocycles. The Bertz CT molecular complexity index is 1310. The van der Waals surface area contributed by atoms with E-state index in [4.69, 9.17) is 4.74 Å². The van der Waals surface area contributed by atoms with Crippen LogP contribution in [0, 0.1) is 29.2 Å². The monoisotopic (exact) mass is 446 g/mol. The van der Waals surface area contributed by atoms with E-state index in [1.807, 2.05) is 0 Å². The summed E-state index contributed by atoms with van der Waals surface area (Å²) in [6.45, 7) is 0.157. The van der Waals surface area contributed by atoms with Crippen LogP contribution < -0.4 is 5.56 Å². The fourth-order valence-corrected chi connectivity index (χ4v) is 4.78. The molecule has 166 valence electrons. The number of hydrogen-bond acceptors (Lipinski definition) is 3. The van der Waals surface area contributed by atoms with Crippen LogP contribution in [0.25, 0.3) is 10.8 Å². The Morgan fingerprint density at radius 1 is 0.969 bits per heavy atom. The molecule has 2 aromatic carbocycles. The number of carbonyl (C=O) groups excluding carboxylic acids is 1. The van der Waals surface area contributed by atoms with Gasteiger partial charge in [-0.3, -0.25) is 9.59 Å². The molecule has 0 spiro atoms. The van der Waals surface area contributed by atoms with Crippen molar-refractivity contribution in [3.63, 3.8) is 0 Å². The first-order valence-electron chi connectivity index (χ1n) is 10.1. The van der Waals surface area contributed by atoms with Crippen molar-refractivity contribution < 1.29 is 27.1 Å². The van der Waals surface area contributed by atoms with E-state index in [-0.39, 0.29) is 42.7 Å². The Labute approximate surface area is 179 Å². The quantitative estimate of drug-likeness (QED) is 0.613. The van der Waals surface area contributed by atoms with Crippen molar-refractivity contribution in [3.05, 3.63) is 80.3 Å². The minimum atomic E-state index is -1.14. The zero-order valence-electron chi connectivity index (χ0n) is 17.0. The molecule has 1 amide bonds. The smallest absolute Gasteiger partial charge is 0.256 e. The van der Waals surface area contributed by atoms with E-state index in [0.717, 1.165) is 24.3 Å². The van der Waals surface area contributed by atoms with E-state index in [1.54, 1.807) is 7.05 Å². The van der Waals surface area contributed by atoms with Gasteiger partial charge in [-0.1, -0.05) is 0 Å². The van der Waals surface area contributed by atoms with E-state index in [0.29, 0.717) is 22.4 Å². The van der Waals surface area contributed by atoms with Crippen LogP contribution in [0.4, 0.5) is 17.6 Å². The van der Waals surface area contributed by atoms with E-state index < -0.39 is 40.8 Å². The first-order chi connectivity index (χ1) is 15.2. The normalized spacial score (nSPS) is 18.0. The van der Waals surface area contributed by atoms with Crippen molar-refractivity contribution in [1.29, 1.82) is 0 Å². The average Bonchev–Trinajstić information content (AvgIpc) is 3.16. The summed E-state index contributed by atoms with van der Waals surface area (Å²) in [6.07, 6.45) is 0.532. The van der Waals surface area contributed by atoms with Gasteiger partial charge < -0.3 is 14.6 Å². The fraction of sp³-hybridized carbons (Fsp3) is 0.304. The molecule has 0 bridgehead atoms. The topological polar surface area (TPSA) is 62.4 Å². The summed E-state index contributed by atoms with van der Waals surface area (Å²) in [5, 5.41) is 0.198. The third kappa shape index (κ3) is 3.19. The number of likely N-dealkylation sites (N-methyl/N-ethyl adjacent to an activating group) is 1. The van der Waals surface area contributed by atoms with Gasteiger partial charge in [0.05, 0.1) is 24.6 Å². The lowest BCUT2D eigenvalue weighted by molar-refractivity contribution is -0.138. The largest absolute Gasteiger partial charge is 0.373 e. The summed E-state index contributed by atoms with van der Waals surface area (Å²) >= 11 is 0. The number of aromatic nitrogens is 1. The number of fused-ring (bicyclic) bond motifs is 4. The zero-order valence-corrected chi connectivity index (χ0v) is 17.0. The van der Waals surface area contributed by atoms with E-state index >= 15 is 0 Å². The van der Waals surface area contributed by atoms with Gasteiger partial charge in [0.25, 0.3) is 5.56 Å². The van der Waals surface area contributed by atoms with Crippen molar-refractivity contribution in [2.24, 2.45) is 5.92 Å². The van der Waals surface area contributed by atoms with Crippen molar-refractivity contribution >= 4 is 16.7 Å². The van der Waals surface area contributed by atoms with Gasteiger partial charge in [-0.05, 0) is 53.6 Å². The number of pyridine rings is 1. The molecule has 0 fully saturated rings. The molecule has 1 aliphatic heterocycles. The van der Waals surface area contributed by atoms with Crippen LogP contribution in [-0.2, 0) is 29.0 Å². The minimum absolute atomic E-state index is 0.0189. The second-order valence-corrected chi connectivity index (χ2v) is 8.28. The van der Waals surface area contributed by atoms with Gasteiger partial charge in [-0.25, -0.2) is 17.6 Å². The van der Waals surface area contributed by atoms with Crippen molar-refractivity contribution in [3.8, 4) is 0 Å². The number of nitrogens with zero attached hydrogens (tertiary/aromatic N) is 1. The van der Waals surface area contributed by atoms with Gasteiger partial charge >= 0.3 is 0 Å². The van der Waals surface area contributed by atoms with Crippen molar-refractivity contribution in [2.45, 2.75) is 25.5 Å². The van der Waals surface area contributed by atoms with Crippen molar-refractivity contribution in [2.75, 3.05) is 13.7 Å². The lowest BCUT2D eigenvalue weighted by Crippen LogP contribution is -2.40. The number of ether oxygens (including phenoxy) is 1. The van der Waals surface area contributed by atoms with E-state index in [9.17, 15) is 27.2 Å². The van der Waals surface area contributed by atoms with Gasteiger partial charge in [0.1, 0.15) is 0 Å². The maximum absolute atomic E-state index is 14.0. The molecule has 0 saturated carbocycles. The molecule has 1 unspecified atom stereocenters. The highest BCUT2D eigenvalue weighted by molar-refractivity contribution is 5.87. The van der Waals surface area contributed by atoms with Gasteiger partial charge in [0, 0.05) is 24.2 Å². The number of hydrogen-bond donors (Lipinski definition) is 1. The Morgan fingerprint density at radius 3 is 2.16 bits per heavy atom. The summed E-state index contributed by atoms with van der Waals surface area (Å²) in [4.78, 5) is 29.8. The molecule has 0 radical (unpaired) electrons. The number of amides is 1. The molecule has 1 aromatic heterocycles. The SMILES string of the molecule is CN(C(=O)C1Cc2cc(F)c(F)cc2C1)C1COCc2[nH]c(=O)c3cc(F)c(F)cc3c21.